The molecule has 0 saturated heterocycles. The summed E-state index contributed by atoms with van der Waals surface area (Å²) in [4.78, 5) is 0.0573. The lowest BCUT2D eigenvalue weighted by molar-refractivity contribution is 0.430. The van der Waals surface area contributed by atoms with E-state index in [9.17, 15) is 8.42 Å². The predicted molar refractivity (Wildman–Crippen MR) is 77.2 cm³/mol. The zero-order valence-corrected chi connectivity index (χ0v) is 12.4. The quantitative estimate of drug-likeness (QED) is 0.758. The van der Waals surface area contributed by atoms with Gasteiger partial charge in [-0.2, -0.15) is 9.40 Å². The van der Waals surface area contributed by atoms with Crippen molar-refractivity contribution in [2.24, 2.45) is 5.92 Å². The minimum Gasteiger partial charge on any atom is -0.381 e. The molecule has 0 bridgehead atoms. The maximum absolute atomic E-state index is 12.6. The molecule has 0 atom stereocenters. The van der Waals surface area contributed by atoms with Crippen molar-refractivity contribution in [2.45, 2.75) is 37.6 Å². The Morgan fingerprint density at radius 1 is 1.60 bits per heavy atom. The van der Waals surface area contributed by atoms with E-state index in [0.29, 0.717) is 19.0 Å². The molecule has 6 nitrogen and oxygen atoms in total. The molecule has 0 spiro atoms. The Balaban J connectivity index is 2.28. The highest BCUT2D eigenvalue weighted by Gasteiger charge is 2.33. The van der Waals surface area contributed by atoms with E-state index in [1.54, 1.807) is 4.68 Å². The van der Waals surface area contributed by atoms with Crippen LogP contribution in [0.2, 0.25) is 0 Å². The van der Waals surface area contributed by atoms with Crippen LogP contribution in [0.1, 0.15) is 26.2 Å². The van der Waals surface area contributed by atoms with Crippen molar-refractivity contribution in [3.05, 3.63) is 6.20 Å². The molecular formula is C13H20N4O2S. The third-order valence-electron chi connectivity index (χ3n) is 3.25. The van der Waals surface area contributed by atoms with Crippen LogP contribution in [0.5, 0.6) is 0 Å². The van der Waals surface area contributed by atoms with E-state index in [1.807, 2.05) is 6.92 Å². The first-order valence-corrected chi connectivity index (χ1v) is 8.19. The fraction of sp³-hybridized carbons (Fsp3) is 0.615. The molecule has 1 aromatic rings. The molecule has 2 N–H and O–H groups in total. The van der Waals surface area contributed by atoms with Crippen LogP contribution >= 0.6 is 0 Å². The molecule has 110 valence electrons. The number of hydrogen-bond acceptors (Lipinski definition) is 4. The summed E-state index contributed by atoms with van der Waals surface area (Å²) < 4.78 is 28.1. The third-order valence-corrected chi connectivity index (χ3v) is 5.08. The van der Waals surface area contributed by atoms with Gasteiger partial charge in [0.15, 0.2) is 5.82 Å². The van der Waals surface area contributed by atoms with E-state index in [1.165, 1.54) is 10.5 Å². The van der Waals surface area contributed by atoms with Gasteiger partial charge in [-0.3, -0.25) is 4.68 Å². The Bertz CT molecular complexity index is 611. The maximum Gasteiger partial charge on any atom is 0.249 e. The van der Waals surface area contributed by atoms with E-state index >= 15 is 0 Å². The van der Waals surface area contributed by atoms with Crippen LogP contribution in [0.25, 0.3) is 0 Å². The second-order valence-electron chi connectivity index (χ2n) is 5.09. The van der Waals surface area contributed by atoms with E-state index < -0.39 is 10.0 Å². The number of aromatic nitrogens is 2. The average Bonchev–Trinajstić information content (AvgIpc) is 3.12. The molecular weight excluding hydrogens is 276 g/mol. The molecule has 1 heterocycles. The number of aryl methyl sites for hydroxylation is 1. The van der Waals surface area contributed by atoms with Gasteiger partial charge in [-0.1, -0.05) is 12.8 Å². The minimum absolute atomic E-state index is 0.0382. The highest BCUT2D eigenvalue weighted by molar-refractivity contribution is 7.89. The lowest BCUT2D eigenvalue weighted by atomic mass is 10.4. The average molecular weight is 296 g/mol. The number of rotatable bonds is 7. The van der Waals surface area contributed by atoms with E-state index in [4.69, 9.17) is 12.2 Å². The molecule has 1 fully saturated rings. The summed E-state index contributed by atoms with van der Waals surface area (Å²) in [6.07, 6.45) is 9.75. The number of sulfonamides is 1. The number of nitrogen functional groups attached to an aromatic ring is 1. The van der Waals surface area contributed by atoms with Crippen LogP contribution in [0.3, 0.4) is 0 Å². The van der Waals surface area contributed by atoms with Crippen LogP contribution in [0.15, 0.2) is 11.1 Å². The van der Waals surface area contributed by atoms with Crippen LogP contribution < -0.4 is 5.73 Å². The van der Waals surface area contributed by atoms with Crippen molar-refractivity contribution < 1.29 is 8.42 Å². The highest BCUT2D eigenvalue weighted by atomic mass is 32.2. The van der Waals surface area contributed by atoms with Crippen molar-refractivity contribution in [3.8, 4) is 12.3 Å². The zero-order valence-electron chi connectivity index (χ0n) is 11.6. The molecule has 0 radical (unpaired) electrons. The number of hydrogen-bond donors (Lipinski definition) is 1. The lowest BCUT2D eigenvalue weighted by Gasteiger charge is -2.18. The van der Waals surface area contributed by atoms with E-state index in [-0.39, 0.29) is 17.3 Å². The Kier molecular flexibility index (Phi) is 4.35. The molecule has 0 unspecified atom stereocenters. The van der Waals surface area contributed by atoms with E-state index in [0.717, 1.165) is 19.3 Å². The standard InChI is InChI=1S/C13H20N4O2S/c1-3-7-16-10-12(13(14)15-16)20(18,19)17(8-4-2)9-11-5-6-11/h2,10-11H,3,5-9H2,1H3,(H2,14,15). The van der Waals surface area contributed by atoms with Crippen LogP contribution in [0.4, 0.5) is 5.82 Å². The Morgan fingerprint density at radius 3 is 2.85 bits per heavy atom. The summed E-state index contributed by atoms with van der Waals surface area (Å²) in [5, 5.41) is 4.04. The summed E-state index contributed by atoms with van der Waals surface area (Å²) in [7, 11) is -3.66. The number of terminal acetylenes is 1. The molecule has 0 aliphatic heterocycles. The minimum atomic E-state index is -3.66. The summed E-state index contributed by atoms with van der Waals surface area (Å²) in [6.45, 7) is 3.16. The molecule has 0 aromatic carbocycles. The normalized spacial score (nSPS) is 15.4. The monoisotopic (exact) mass is 296 g/mol. The molecule has 7 heteroatoms. The van der Waals surface area contributed by atoms with Crippen molar-refractivity contribution >= 4 is 15.8 Å². The molecule has 2 rings (SSSR count). The van der Waals surface area contributed by atoms with Gasteiger partial charge in [0.2, 0.25) is 10.0 Å². The second kappa shape index (κ2) is 5.85. The highest BCUT2D eigenvalue weighted by Crippen LogP contribution is 2.32. The molecule has 1 saturated carbocycles. The Hall–Kier alpha value is -1.52. The SMILES string of the molecule is C#CCN(CC1CC1)S(=O)(=O)c1cn(CCC)nc1N. The molecule has 0 amide bonds. The first-order chi connectivity index (χ1) is 9.48. The van der Waals surface area contributed by atoms with Gasteiger partial charge in [-0.05, 0) is 25.2 Å². The number of nitrogens with two attached hydrogens (primary N) is 1. The molecule has 1 aromatic heterocycles. The fourth-order valence-electron chi connectivity index (χ4n) is 2.04. The molecule has 1 aliphatic rings. The van der Waals surface area contributed by atoms with Crippen molar-refractivity contribution in [1.82, 2.24) is 14.1 Å². The Labute approximate surface area is 120 Å². The molecule has 1 aliphatic carbocycles. The maximum atomic E-state index is 12.6. The summed E-state index contributed by atoms with van der Waals surface area (Å²) in [6, 6.07) is 0. The van der Waals surface area contributed by atoms with Gasteiger partial charge in [-0.25, -0.2) is 8.42 Å². The Morgan fingerprint density at radius 2 is 2.30 bits per heavy atom. The van der Waals surface area contributed by atoms with Crippen LogP contribution in [-0.2, 0) is 16.6 Å². The first-order valence-electron chi connectivity index (χ1n) is 6.75. The fourth-order valence-corrected chi connectivity index (χ4v) is 3.53. The predicted octanol–water partition coefficient (Wildman–Crippen LogP) is 0.909. The van der Waals surface area contributed by atoms with Crippen LogP contribution in [-0.4, -0.2) is 35.6 Å². The number of anilines is 1. The van der Waals surface area contributed by atoms with Gasteiger partial charge in [0, 0.05) is 19.3 Å². The number of nitrogens with zero attached hydrogens (tertiary/aromatic N) is 3. The summed E-state index contributed by atoms with van der Waals surface area (Å²) in [5.74, 6) is 2.87. The van der Waals surface area contributed by atoms with Gasteiger partial charge in [-0.15, -0.1) is 6.42 Å². The first kappa shape index (κ1) is 14.9. The van der Waals surface area contributed by atoms with Crippen LogP contribution in [0, 0.1) is 18.3 Å². The zero-order chi connectivity index (χ0) is 14.8. The van der Waals surface area contributed by atoms with Gasteiger partial charge in [0.1, 0.15) is 4.90 Å². The van der Waals surface area contributed by atoms with Crippen molar-refractivity contribution in [3.63, 3.8) is 0 Å². The smallest absolute Gasteiger partial charge is 0.249 e. The van der Waals surface area contributed by atoms with E-state index in [2.05, 4.69) is 11.0 Å². The largest absolute Gasteiger partial charge is 0.381 e. The summed E-state index contributed by atoms with van der Waals surface area (Å²) in [5.41, 5.74) is 5.75. The van der Waals surface area contributed by atoms with Gasteiger partial charge < -0.3 is 5.73 Å². The molecule has 20 heavy (non-hydrogen) atoms. The lowest BCUT2D eigenvalue weighted by Crippen LogP contribution is -2.33. The van der Waals surface area contributed by atoms with Crippen molar-refractivity contribution in [2.75, 3.05) is 18.8 Å². The third kappa shape index (κ3) is 3.14. The second-order valence-corrected chi connectivity index (χ2v) is 6.99. The van der Waals surface area contributed by atoms with Gasteiger partial charge >= 0.3 is 0 Å². The topological polar surface area (TPSA) is 81.2 Å². The van der Waals surface area contributed by atoms with Gasteiger partial charge in [0.25, 0.3) is 0 Å². The summed E-state index contributed by atoms with van der Waals surface area (Å²) >= 11 is 0. The van der Waals surface area contributed by atoms with Crippen molar-refractivity contribution in [1.29, 1.82) is 0 Å². The van der Waals surface area contributed by atoms with Gasteiger partial charge in [0.05, 0.1) is 6.54 Å².